The maximum atomic E-state index is 13.5. The number of nitro benzene ring substituents is 1. The van der Waals surface area contributed by atoms with E-state index in [1.165, 1.54) is 28.4 Å². The number of amides is 2. The van der Waals surface area contributed by atoms with Gasteiger partial charge in [-0.05, 0) is 18.9 Å². The van der Waals surface area contributed by atoms with Gasteiger partial charge in [-0.25, -0.2) is 4.98 Å². The number of morpholine rings is 1. The number of hydrogen-bond acceptors (Lipinski definition) is 8. The quantitative estimate of drug-likeness (QED) is 0.569. The molecule has 0 aliphatic carbocycles. The van der Waals surface area contributed by atoms with Crippen molar-refractivity contribution >= 4 is 39.7 Å². The number of nitrogens with zero attached hydrogens (tertiary/aromatic N) is 4. The Kier molecular flexibility index (Phi) is 5.91. The molecule has 158 valence electrons. The number of anilines is 2. The van der Waals surface area contributed by atoms with Crippen molar-refractivity contribution in [3.05, 3.63) is 45.5 Å². The Bertz CT molecular complexity index is 945. The van der Waals surface area contributed by atoms with Crippen LogP contribution in [0.2, 0.25) is 0 Å². The summed E-state index contributed by atoms with van der Waals surface area (Å²) >= 11 is 1.30. The molecule has 2 aromatic rings. The van der Waals surface area contributed by atoms with Gasteiger partial charge < -0.3 is 19.9 Å². The lowest BCUT2D eigenvalue weighted by Gasteiger charge is -2.31. The summed E-state index contributed by atoms with van der Waals surface area (Å²) in [5.41, 5.74) is 0.707. The molecule has 0 saturated carbocycles. The lowest BCUT2D eigenvalue weighted by Crippen LogP contribution is -2.44. The molecular weight excluding hydrogens is 410 g/mol. The molecule has 2 aliphatic rings. The molecule has 2 aliphatic heterocycles. The fourth-order valence-electron chi connectivity index (χ4n) is 3.80. The fraction of sp³-hybridized carbons (Fsp3) is 0.421. The van der Waals surface area contributed by atoms with Crippen molar-refractivity contribution in [3.63, 3.8) is 0 Å². The first kappa shape index (κ1) is 20.2. The molecular formula is C19H21N5O5S. The van der Waals surface area contributed by atoms with Gasteiger partial charge in [-0.3, -0.25) is 19.7 Å². The molecule has 1 aromatic carbocycles. The molecule has 4 rings (SSSR count). The Hall–Kier alpha value is -3.05. The van der Waals surface area contributed by atoms with E-state index in [4.69, 9.17) is 4.74 Å². The van der Waals surface area contributed by atoms with Gasteiger partial charge in [0.2, 0.25) is 5.91 Å². The van der Waals surface area contributed by atoms with Crippen LogP contribution in [0, 0.1) is 10.1 Å². The summed E-state index contributed by atoms with van der Waals surface area (Å²) in [5.74, 6) is -0.675. The number of rotatable bonds is 5. The van der Waals surface area contributed by atoms with E-state index in [1.807, 2.05) is 4.90 Å². The molecule has 1 atom stereocenters. The second-order valence-corrected chi connectivity index (χ2v) is 7.94. The Morgan fingerprint density at radius 3 is 2.77 bits per heavy atom. The molecule has 1 aromatic heterocycles. The summed E-state index contributed by atoms with van der Waals surface area (Å²) in [6.07, 6.45) is 2.81. The number of non-ortho nitro benzene ring substituents is 1. The van der Waals surface area contributed by atoms with Gasteiger partial charge in [-0.15, -0.1) is 11.3 Å². The number of hydrogen-bond donors (Lipinski definition) is 1. The van der Waals surface area contributed by atoms with E-state index in [-0.39, 0.29) is 23.1 Å². The number of benzene rings is 1. The minimum absolute atomic E-state index is 0.154. The number of nitrogens with one attached hydrogen (secondary N) is 1. The van der Waals surface area contributed by atoms with E-state index in [1.54, 1.807) is 17.6 Å². The normalized spacial score (nSPS) is 19.0. The van der Waals surface area contributed by atoms with Gasteiger partial charge in [-0.1, -0.05) is 0 Å². The zero-order valence-electron chi connectivity index (χ0n) is 16.2. The van der Waals surface area contributed by atoms with Gasteiger partial charge in [-0.2, -0.15) is 0 Å². The van der Waals surface area contributed by atoms with Crippen molar-refractivity contribution in [2.75, 3.05) is 43.1 Å². The standard InChI is InChI=1S/C19H21N5O5S/c25-17(21-19-20-5-11-30-19)16-2-1-6-23(16)18(26)14-12-13(24(27)28)3-4-15(14)22-7-9-29-10-8-22/h3-5,11-12,16H,1-2,6-10H2,(H,20,21,25). The first-order chi connectivity index (χ1) is 14.5. The average Bonchev–Trinajstić information content (AvgIpc) is 3.45. The molecule has 3 heterocycles. The zero-order valence-corrected chi connectivity index (χ0v) is 17.0. The van der Waals surface area contributed by atoms with Crippen LogP contribution in [0.3, 0.4) is 0 Å². The van der Waals surface area contributed by atoms with Gasteiger partial charge in [0.25, 0.3) is 11.6 Å². The van der Waals surface area contributed by atoms with Crippen LogP contribution in [0.1, 0.15) is 23.2 Å². The van der Waals surface area contributed by atoms with E-state index >= 15 is 0 Å². The molecule has 2 amide bonds. The number of thiazole rings is 1. The molecule has 2 fully saturated rings. The van der Waals surface area contributed by atoms with E-state index < -0.39 is 11.0 Å². The number of carbonyl (C=O) groups is 2. The van der Waals surface area contributed by atoms with E-state index in [2.05, 4.69) is 10.3 Å². The van der Waals surface area contributed by atoms with Gasteiger partial charge in [0.05, 0.1) is 29.4 Å². The number of aromatic nitrogens is 1. The molecule has 1 unspecified atom stereocenters. The zero-order chi connectivity index (χ0) is 21.1. The maximum absolute atomic E-state index is 13.5. The monoisotopic (exact) mass is 431 g/mol. The van der Waals surface area contributed by atoms with Gasteiger partial charge in [0.15, 0.2) is 5.13 Å². The second kappa shape index (κ2) is 8.76. The van der Waals surface area contributed by atoms with Gasteiger partial charge >= 0.3 is 0 Å². The smallest absolute Gasteiger partial charge is 0.270 e. The average molecular weight is 431 g/mol. The Morgan fingerprint density at radius 1 is 1.27 bits per heavy atom. The van der Waals surface area contributed by atoms with E-state index in [9.17, 15) is 19.7 Å². The summed E-state index contributed by atoms with van der Waals surface area (Å²) in [6, 6.07) is 3.68. The van der Waals surface area contributed by atoms with Crippen molar-refractivity contribution in [1.29, 1.82) is 0 Å². The van der Waals surface area contributed by atoms with Crippen LogP contribution in [0.4, 0.5) is 16.5 Å². The Balaban J connectivity index is 1.62. The summed E-state index contributed by atoms with van der Waals surface area (Å²) in [6.45, 7) is 2.64. The third kappa shape index (κ3) is 4.12. The topological polar surface area (TPSA) is 118 Å². The highest BCUT2D eigenvalue weighted by Gasteiger charge is 2.36. The Labute approximate surface area is 176 Å². The van der Waals surface area contributed by atoms with Crippen LogP contribution in [0.5, 0.6) is 0 Å². The van der Waals surface area contributed by atoms with Crippen LogP contribution in [-0.4, -0.2) is 65.5 Å². The summed E-state index contributed by atoms with van der Waals surface area (Å²) < 4.78 is 5.38. The first-order valence-electron chi connectivity index (χ1n) is 9.67. The lowest BCUT2D eigenvalue weighted by molar-refractivity contribution is -0.384. The van der Waals surface area contributed by atoms with Crippen LogP contribution >= 0.6 is 11.3 Å². The first-order valence-corrected chi connectivity index (χ1v) is 10.5. The SMILES string of the molecule is O=C(Nc1nccs1)C1CCCN1C(=O)c1cc([N+](=O)[O-])ccc1N1CCOCC1. The second-order valence-electron chi connectivity index (χ2n) is 7.04. The third-order valence-corrected chi connectivity index (χ3v) is 5.94. The molecule has 1 N–H and O–H groups in total. The predicted octanol–water partition coefficient (Wildman–Crippen LogP) is 2.13. The van der Waals surface area contributed by atoms with Crippen LogP contribution in [0.15, 0.2) is 29.8 Å². The lowest BCUT2D eigenvalue weighted by atomic mass is 10.1. The largest absolute Gasteiger partial charge is 0.378 e. The minimum Gasteiger partial charge on any atom is -0.378 e. The molecule has 0 spiro atoms. The highest BCUT2D eigenvalue weighted by molar-refractivity contribution is 7.13. The highest BCUT2D eigenvalue weighted by Crippen LogP contribution is 2.30. The van der Waals surface area contributed by atoms with Crippen molar-refractivity contribution < 1.29 is 19.2 Å². The van der Waals surface area contributed by atoms with Crippen molar-refractivity contribution in [2.45, 2.75) is 18.9 Å². The minimum atomic E-state index is -0.641. The molecule has 30 heavy (non-hydrogen) atoms. The molecule has 10 nitrogen and oxygen atoms in total. The van der Waals surface area contributed by atoms with E-state index in [0.29, 0.717) is 56.5 Å². The predicted molar refractivity (Wildman–Crippen MR) is 111 cm³/mol. The van der Waals surface area contributed by atoms with E-state index in [0.717, 1.165) is 0 Å². The Morgan fingerprint density at radius 2 is 2.07 bits per heavy atom. The number of ether oxygens (including phenoxy) is 1. The molecule has 0 radical (unpaired) electrons. The number of nitro groups is 1. The highest BCUT2D eigenvalue weighted by atomic mass is 32.1. The van der Waals surface area contributed by atoms with Gasteiger partial charge in [0, 0.05) is 43.3 Å². The van der Waals surface area contributed by atoms with Crippen LogP contribution < -0.4 is 10.2 Å². The summed E-state index contributed by atoms with van der Waals surface area (Å²) in [5, 5.41) is 16.3. The third-order valence-electron chi connectivity index (χ3n) is 5.25. The fourth-order valence-corrected chi connectivity index (χ4v) is 4.33. The van der Waals surface area contributed by atoms with Crippen molar-refractivity contribution in [2.24, 2.45) is 0 Å². The molecule has 11 heteroatoms. The van der Waals surface area contributed by atoms with Crippen molar-refractivity contribution in [3.8, 4) is 0 Å². The molecule has 2 saturated heterocycles. The number of carbonyl (C=O) groups excluding carboxylic acids is 2. The van der Waals surface area contributed by atoms with Gasteiger partial charge in [0.1, 0.15) is 6.04 Å². The summed E-state index contributed by atoms with van der Waals surface area (Å²) in [4.78, 5) is 44.5. The summed E-state index contributed by atoms with van der Waals surface area (Å²) in [7, 11) is 0. The maximum Gasteiger partial charge on any atom is 0.270 e. The van der Waals surface area contributed by atoms with Crippen molar-refractivity contribution in [1.82, 2.24) is 9.88 Å². The number of likely N-dealkylation sites (tertiary alicyclic amines) is 1. The molecule has 0 bridgehead atoms. The van der Waals surface area contributed by atoms with Crippen LogP contribution in [-0.2, 0) is 9.53 Å². The van der Waals surface area contributed by atoms with Crippen LogP contribution in [0.25, 0.3) is 0 Å².